The van der Waals surface area contributed by atoms with Gasteiger partial charge in [-0.3, -0.25) is 4.79 Å². The normalized spacial score (nSPS) is 14.4. The van der Waals surface area contributed by atoms with E-state index >= 15 is 0 Å². The van der Waals surface area contributed by atoms with Gasteiger partial charge in [0.15, 0.2) is 0 Å². The molecule has 0 saturated carbocycles. The number of halogens is 1. The molecule has 12 heteroatoms. The summed E-state index contributed by atoms with van der Waals surface area (Å²) in [6.07, 6.45) is 4.84. The van der Waals surface area contributed by atoms with Crippen LogP contribution in [0.5, 0.6) is 11.5 Å². The number of likely N-dealkylation sites (N-methyl/N-ethyl adjacent to an activating group) is 2. The first kappa shape index (κ1) is 30.9. The third-order valence-corrected chi connectivity index (χ3v) is 6.93. The lowest BCUT2D eigenvalue weighted by molar-refractivity contribution is -0.111. The highest BCUT2D eigenvalue weighted by Crippen LogP contribution is 2.38. The lowest BCUT2D eigenvalue weighted by Gasteiger charge is -2.26. The van der Waals surface area contributed by atoms with Crippen molar-refractivity contribution in [3.63, 3.8) is 0 Å². The van der Waals surface area contributed by atoms with Gasteiger partial charge in [0.2, 0.25) is 5.91 Å². The summed E-state index contributed by atoms with van der Waals surface area (Å²) in [5.41, 5.74) is 2.76. The summed E-state index contributed by atoms with van der Waals surface area (Å²) in [5, 5.41) is 9.92. The molecule has 3 aromatic rings. The second kappa shape index (κ2) is 14.7. The van der Waals surface area contributed by atoms with Crippen molar-refractivity contribution in [2.75, 3.05) is 75.4 Å². The monoisotopic (exact) mass is 595 g/mol. The zero-order chi connectivity index (χ0) is 30.1. The number of nitrogens with zero attached hydrogens (tertiary/aromatic N) is 4. The van der Waals surface area contributed by atoms with Crippen LogP contribution in [0.3, 0.4) is 0 Å². The van der Waals surface area contributed by atoms with Gasteiger partial charge in [0.25, 0.3) is 0 Å². The average molecular weight is 596 g/mol. The maximum absolute atomic E-state index is 12.2. The van der Waals surface area contributed by atoms with Gasteiger partial charge in [-0.1, -0.05) is 18.2 Å². The number of hydrogen-bond donors (Lipinski definition) is 3. The van der Waals surface area contributed by atoms with Crippen molar-refractivity contribution >= 4 is 51.9 Å². The van der Waals surface area contributed by atoms with Crippen molar-refractivity contribution in [3.8, 4) is 11.5 Å². The molecule has 1 amide bonds. The largest absolute Gasteiger partial charge is 0.494 e. The highest BCUT2D eigenvalue weighted by molar-refractivity contribution is 6.32. The third-order valence-electron chi connectivity index (χ3n) is 6.64. The number of carbonyl (C=O) groups is 1. The molecule has 2 aromatic carbocycles. The Morgan fingerprint density at radius 2 is 1.88 bits per heavy atom. The molecule has 1 atom stereocenters. The standard InChI is InChI=1S/C30H38ClN7O4/c1-6-30(39)36-23-15-24(27(40-5)16-25(23)38(4)12-11-37(2)3)35-29-17-28(32-19-33-29)34-20-9-10-26(22(31)14-20)42-18-21-8-7-13-41-21/h6,9-10,14-17,19,21H,1,7-8,11-13,18H2,2-5H3,(H,36,39)(H2,32,33,34,35). The van der Waals surface area contributed by atoms with Crippen molar-refractivity contribution < 1.29 is 19.0 Å². The number of anilines is 6. The zero-order valence-corrected chi connectivity index (χ0v) is 25.2. The highest BCUT2D eigenvalue weighted by Gasteiger charge is 2.18. The fraction of sp³-hybridized carbons (Fsp3) is 0.367. The topological polar surface area (TPSA) is 113 Å². The molecule has 42 heavy (non-hydrogen) atoms. The van der Waals surface area contributed by atoms with Crippen LogP contribution >= 0.6 is 11.6 Å². The van der Waals surface area contributed by atoms with E-state index in [9.17, 15) is 4.79 Å². The van der Waals surface area contributed by atoms with Crippen molar-refractivity contribution in [1.82, 2.24) is 14.9 Å². The molecule has 1 unspecified atom stereocenters. The quantitative estimate of drug-likeness (QED) is 0.212. The molecule has 11 nitrogen and oxygen atoms in total. The van der Waals surface area contributed by atoms with Crippen LogP contribution < -0.4 is 30.3 Å². The summed E-state index contributed by atoms with van der Waals surface area (Å²) >= 11 is 6.48. The first-order valence-electron chi connectivity index (χ1n) is 13.7. The molecule has 1 aromatic heterocycles. The summed E-state index contributed by atoms with van der Waals surface area (Å²) in [5.74, 6) is 1.93. The van der Waals surface area contributed by atoms with Crippen LogP contribution in [0.25, 0.3) is 0 Å². The molecule has 0 aliphatic carbocycles. The minimum atomic E-state index is -0.316. The number of methoxy groups -OCH3 is 1. The van der Waals surface area contributed by atoms with E-state index in [1.165, 1.54) is 12.4 Å². The molecule has 0 radical (unpaired) electrons. The van der Waals surface area contributed by atoms with E-state index in [2.05, 4.69) is 42.3 Å². The predicted octanol–water partition coefficient (Wildman–Crippen LogP) is 5.31. The van der Waals surface area contributed by atoms with Crippen molar-refractivity contribution in [3.05, 3.63) is 60.4 Å². The Kier molecular flexibility index (Phi) is 10.8. The van der Waals surface area contributed by atoms with Gasteiger partial charge in [0, 0.05) is 44.6 Å². The van der Waals surface area contributed by atoms with Crippen LogP contribution in [-0.2, 0) is 9.53 Å². The second-order valence-corrected chi connectivity index (χ2v) is 10.5. The second-order valence-electron chi connectivity index (χ2n) is 10.1. The Hall–Kier alpha value is -4.06. The van der Waals surface area contributed by atoms with Crippen LogP contribution in [0.4, 0.5) is 34.4 Å². The van der Waals surface area contributed by atoms with Gasteiger partial charge < -0.3 is 40.0 Å². The number of rotatable bonds is 14. The lowest BCUT2D eigenvalue weighted by Crippen LogP contribution is -2.29. The van der Waals surface area contributed by atoms with Crippen LogP contribution in [0.1, 0.15) is 12.8 Å². The molecule has 0 spiro atoms. The number of hydrogen-bond acceptors (Lipinski definition) is 10. The smallest absolute Gasteiger partial charge is 0.247 e. The summed E-state index contributed by atoms with van der Waals surface area (Å²) in [6.45, 7) is 6.41. The fourth-order valence-electron chi connectivity index (χ4n) is 4.34. The van der Waals surface area contributed by atoms with Crippen molar-refractivity contribution in [2.45, 2.75) is 18.9 Å². The fourth-order valence-corrected chi connectivity index (χ4v) is 4.57. The maximum Gasteiger partial charge on any atom is 0.247 e. The number of carbonyl (C=O) groups excluding carboxylic acids is 1. The van der Waals surface area contributed by atoms with Crippen molar-refractivity contribution in [1.29, 1.82) is 0 Å². The summed E-state index contributed by atoms with van der Waals surface area (Å²) in [7, 11) is 7.58. The maximum atomic E-state index is 12.2. The number of nitrogens with one attached hydrogen (secondary N) is 3. The van der Waals surface area contributed by atoms with Gasteiger partial charge in [0.1, 0.15) is 36.1 Å². The summed E-state index contributed by atoms with van der Waals surface area (Å²) in [4.78, 5) is 25.1. The van der Waals surface area contributed by atoms with Crippen LogP contribution in [-0.4, -0.2) is 81.4 Å². The predicted molar refractivity (Wildman–Crippen MR) is 168 cm³/mol. The van der Waals surface area contributed by atoms with E-state index in [4.69, 9.17) is 25.8 Å². The highest BCUT2D eigenvalue weighted by atomic mass is 35.5. The SMILES string of the molecule is C=CC(=O)Nc1cc(Nc2cc(Nc3ccc(OCC4CCCO4)c(Cl)c3)ncn2)c(OC)cc1N(C)CCN(C)C. The van der Waals surface area contributed by atoms with Gasteiger partial charge in [-0.05, 0) is 57.3 Å². The minimum absolute atomic E-state index is 0.110. The number of benzene rings is 2. The van der Waals surface area contributed by atoms with E-state index in [1.54, 1.807) is 19.2 Å². The van der Waals surface area contributed by atoms with Crippen LogP contribution in [0.15, 0.2) is 55.4 Å². The number of amides is 1. The van der Waals surface area contributed by atoms with E-state index in [-0.39, 0.29) is 12.0 Å². The summed E-state index contributed by atoms with van der Waals surface area (Å²) in [6, 6.07) is 10.9. The van der Waals surface area contributed by atoms with Gasteiger partial charge in [-0.25, -0.2) is 9.97 Å². The zero-order valence-electron chi connectivity index (χ0n) is 24.4. The Bertz CT molecular complexity index is 1380. The first-order valence-corrected chi connectivity index (χ1v) is 14.0. The minimum Gasteiger partial charge on any atom is -0.494 e. The van der Waals surface area contributed by atoms with Gasteiger partial charge in [-0.2, -0.15) is 0 Å². The number of ether oxygens (including phenoxy) is 3. The Morgan fingerprint density at radius 3 is 2.55 bits per heavy atom. The molecule has 2 heterocycles. The molecule has 0 bridgehead atoms. The molecular formula is C30H38ClN7O4. The molecule has 3 N–H and O–H groups in total. The van der Waals surface area contributed by atoms with E-state index in [1.807, 2.05) is 45.4 Å². The molecule has 1 fully saturated rings. The van der Waals surface area contributed by atoms with Crippen molar-refractivity contribution in [2.24, 2.45) is 0 Å². The number of aromatic nitrogens is 2. The van der Waals surface area contributed by atoms with Gasteiger partial charge in [-0.15, -0.1) is 0 Å². The molecular weight excluding hydrogens is 558 g/mol. The molecule has 4 rings (SSSR count). The Labute approximate surface area is 251 Å². The van der Waals surface area contributed by atoms with Crippen LogP contribution in [0, 0.1) is 0 Å². The Balaban J connectivity index is 1.51. The Morgan fingerprint density at radius 1 is 1.10 bits per heavy atom. The molecule has 1 saturated heterocycles. The lowest BCUT2D eigenvalue weighted by atomic mass is 10.2. The third kappa shape index (κ3) is 8.48. The van der Waals surface area contributed by atoms with E-state index in [0.717, 1.165) is 43.9 Å². The van der Waals surface area contributed by atoms with E-state index < -0.39 is 0 Å². The molecule has 1 aliphatic heterocycles. The molecule has 224 valence electrons. The van der Waals surface area contributed by atoms with Crippen LogP contribution in [0.2, 0.25) is 5.02 Å². The first-order chi connectivity index (χ1) is 20.2. The molecule has 1 aliphatic rings. The summed E-state index contributed by atoms with van der Waals surface area (Å²) < 4.78 is 17.2. The van der Waals surface area contributed by atoms with Gasteiger partial charge >= 0.3 is 0 Å². The van der Waals surface area contributed by atoms with Gasteiger partial charge in [0.05, 0.1) is 35.3 Å². The average Bonchev–Trinajstić information content (AvgIpc) is 3.49. The van der Waals surface area contributed by atoms with E-state index in [0.29, 0.717) is 46.1 Å².